The van der Waals surface area contributed by atoms with E-state index in [0.29, 0.717) is 24.5 Å². The highest BCUT2D eigenvalue weighted by atomic mass is 16.5. The molecule has 3 rings (SSSR count). The number of aromatic nitrogens is 1. The van der Waals surface area contributed by atoms with Crippen LogP contribution in [0.5, 0.6) is 5.75 Å². The molecule has 2 aromatic rings. The molecule has 2 heterocycles. The van der Waals surface area contributed by atoms with Gasteiger partial charge in [0.15, 0.2) is 0 Å². The Balaban J connectivity index is 1.90. The Bertz CT molecular complexity index is 1000. The molecule has 1 aliphatic rings. The summed E-state index contributed by atoms with van der Waals surface area (Å²) in [4.78, 5) is 24.2. The van der Waals surface area contributed by atoms with Crippen molar-refractivity contribution in [3.8, 4) is 5.75 Å². The molecule has 8 nitrogen and oxygen atoms in total. The van der Waals surface area contributed by atoms with Gasteiger partial charge in [0.25, 0.3) is 5.91 Å². The smallest absolute Gasteiger partial charge is 0.258 e. The Hall–Kier alpha value is -2.68. The first-order valence-corrected chi connectivity index (χ1v) is 13.8. The van der Waals surface area contributed by atoms with Crippen LogP contribution in [0.2, 0.25) is 0 Å². The predicted molar refractivity (Wildman–Crippen MR) is 152 cm³/mol. The monoisotopic (exact) mass is 526 g/mol. The Kier molecular flexibility index (Phi) is 11.4. The van der Waals surface area contributed by atoms with Gasteiger partial charge in [-0.25, -0.2) is 0 Å². The van der Waals surface area contributed by atoms with E-state index in [1.54, 1.807) is 4.90 Å². The summed E-state index contributed by atoms with van der Waals surface area (Å²) in [6, 6.07) is 9.49. The van der Waals surface area contributed by atoms with Gasteiger partial charge in [-0.3, -0.25) is 14.7 Å². The van der Waals surface area contributed by atoms with Crippen LogP contribution in [0.25, 0.3) is 0 Å². The molecule has 1 aromatic carbocycles. The molecular formula is C30H46N4O4. The average molecular weight is 527 g/mol. The van der Waals surface area contributed by atoms with Gasteiger partial charge in [-0.2, -0.15) is 0 Å². The van der Waals surface area contributed by atoms with Crippen LogP contribution in [0.1, 0.15) is 56.0 Å². The second-order valence-electron chi connectivity index (χ2n) is 10.9. The second-order valence-corrected chi connectivity index (χ2v) is 10.9. The molecule has 4 atom stereocenters. The topological polar surface area (TPSA) is 78.4 Å². The third-order valence-corrected chi connectivity index (χ3v) is 7.24. The van der Waals surface area contributed by atoms with Gasteiger partial charge in [0.05, 0.1) is 30.4 Å². The van der Waals surface area contributed by atoms with Crippen molar-refractivity contribution >= 4 is 11.6 Å². The van der Waals surface area contributed by atoms with E-state index in [1.807, 2.05) is 75.6 Å². The molecule has 0 saturated carbocycles. The number of likely N-dealkylation sites (N-methyl/N-ethyl adjacent to an activating group) is 1. The van der Waals surface area contributed by atoms with E-state index in [9.17, 15) is 9.90 Å². The van der Waals surface area contributed by atoms with Crippen LogP contribution < -0.4 is 9.64 Å². The van der Waals surface area contributed by atoms with Crippen LogP contribution in [0.3, 0.4) is 0 Å². The van der Waals surface area contributed by atoms with Gasteiger partial charge in [-0.15, -0.1) is 0 Å². The van der Waals surface area contributed by atoms with Crippen molar-refractivity contribution in [3.63, 3.8) is 0 Å². The van der Waals surface area contributed by atoms with Gasteiger partial charge >= 0.3 is 0 Å². The molecule has 0 unspecified atom stereocenters. The summed E-state index contributed by atoms with van der Waals surface area (Å²) in [7, 11) is 6.01. The zero-order chi connectivity index (χ0) is 27.7. The second kappa shape index (κ2) is 14.5. The molecule has 1 N–H and O–H groups in total. The summed E-state index contributed by atoms with van der Waals surface area (Å²) in [6.07, 6.45) is 6.36. The van der Waals surface area contributed by atoms with Crippen LogP contribution in [0.4, 0.5) is 5.69 Å². The Morgan fingerprint density at radius 3 is 2.55 bits per heavy atom. The standard InChI is InChI=1S/C30H46N4O4/c1-22-18-34(23(2)21-35)30(36)27-17-26(32(4)5)10-11-28(27)38-24(3)9-7-8-16-37-29(22)20-33(6)19-25-12-14-31-15-13-25/h10-15,17,22-24,29,35H,7-9,16,18-21H2,1-6H3/t22-,23-,24-,29-/m1/s1. The molecule has 1 amide bonds. The molecular weight excluding hydrogens is 480 g/mol. The lowest BCUT2D eigenvalue weighted by molar-refractivity contribution is -0.0177. The van der Waals surface area contributed by atoms with E-state index < -0.39 is 0 Å². The maximum absolute atomic E-state index is 14.1. The van der Waals surface area contributed by atoms with Gasteiger partial charge in [0.1, 0.15) is 5.75 Å². The number of carbonyl (C=O) groups is 1. The SMILES string of the molecule is C[C@@H]1CCCCO[C@H](CN(C)Cc2ccncc2)[C@H](C)CN([C@H](C)CO)C(=O)c2cc(N(C)C)ccc2O1. The van der Waals surface area contributed by atoms with Crippen molar-refractivity contribution in [1.29, 1.82) is 0 Å². The highest BCUT2D eigenvalue weighted by Gasteiger charge is 2.30. The van der Waals surface area contributed by atoms with Gasteiger partial charge in [0.2, 0.25) is 0 Å². The fraction of sp³-hybridized carbons (Fsp3) is 0.600. The largest absolute Gasteiger partial charge is 0.490 e. The fourth-order valence-corrected chi connectivity index (χ4v) is 4.82. The van der Waals surface area contributed by atoms with Crippen LogP contribution in [0, 0.1) is 5.92 Å². The van der Waals surface area contributed by atoms with Gasteiger partial charge in [-0.1, -0.05) is 6.92 Å². The van der Waals surface area contributed by atoms with E-state index in [1.165, 1.54) is 5.56 Å². The Labute approximate surface area is 228 Å². The molecule has 0 aliphatic carbocycles. The van der Waals surface area contributed by atoms with Crippen molar-refractivity contribution in [2.24, 2.45) is 5.92 Å². The summed E-state index contributed by atoms with van der Waals surface area (Å²) in [5.74, 6) is 0.513. The molecule has 8 heteroatoms. The van der Waals surface area contributed by atoms with Crippen molar-refractivity contribution in [2.75, 3.05) is 52.3 Å². The maximum atomic E-state index is 14.1. The van der Waals surface area contributed by atoms with Crippen molar-refractivity contribution in [2.45, 2.75) is 64.8 Å². The van der Waals surface area contributed by atoms with E-state index >= 15 is 0 Å². The molecule has 1 aliphatic heterocycles. The highest BCUT2D eigenvalue weighted by molar-refractivity contribution is 5.98. The number of amides is 1. The number of carbonyl (C=O) groups excluding carboxylic acids is 1. The number of hydrogen-bond donors (Lipinski definition) is 1. The van der Waals surface area contributed by atoms with Crippen LogP contribution in [-0.4, -0.2) is 91.5 Å². The molecule has 0 saturated heterocycles. The number of hydrogen-bond acceptors (Lipinski definition) is 7. The first-order chi connectivity index (χ1) is 18.2. The summed E-state index contributed by atoms with van der Waals surface area (Å²) < 4.78 is 12.7. The van der Waals surface area contributed by atoms with Crippen LogP contribution in [0.15, 0.2) is 42.7 Å². The first kappa shape index (κ1) is 29.9. The minimum absolute atomic E-state index is 0.0281. The number of nitrogens with zero attached hydrogens (tertiary/aromatic N) is 4. The zero-order valence-corrected chi connectivity index (χ0v) is 24.0. The average Bonchev–Trinajstić information content (AvgIpc) is 2.90. The molecule has 0 bridgehead atoms. The third kappa shape index (κ3) is 8.41. The third-order valence-electron chi connectivity index (χ3n) is 7.24. The number of pyridine rings is 1. The lowest BCUT2D eigenvalue weighted by Gasteiger charge is -2.36. The predicted octanol–water partition coefficient (Wildman–Crippen LogP) is 4.08. The molecule has 0 spiro atoms. The van der Waals surface area contributed by atoms with E-state index in [4.69, 9.17) is 9.47 Å². The number of aliphatic hydroxyl groups is 1. The van der Waals surface area contributed by atoms with Gasteiger partial charge in [0, 0.05) is 64.3 Å². The molecule has 0 fully saturated rings. The number of aliphatic hydroxyl groups excluding tert-OH is 1. The molecule has 210 valence electrons. The Morgan fingerprint density at radius 2 is 1.87 bits per heavy atom. The quantitative estimate of drug-likeness (QED) is 0.583. The van der Waals surface area contributed by atoms with Crippen molar-refractivity contribution in [3.05, 3.63) is 53.9 Å². The highest BCUT2D eigenvalue weighted by Crippen LogP contribution is 2.29. The number of benzene rings is 1. The minimum atomic E-state index is -0.346. The summed E-state index contributed by atoms with van der Waals surface area (Å²) >= 11 is 0. The molecule has 1 aromatic heterocycles. The van der Waals surface area contributed by atoms with E-state index in [2.05, 4.69) is 23.9 Å². The number of fused-ring (bicyclic) bond motifs is 1. The number of ether oxygens (including phenoxy) is 2. The molecule has 0 radical (unpaired) electrons. The number of rotatable bonds is 7. The van der Waals surface area contributed by atoms with Crippen molar-refractivity contribution < 1.29 is 19.4 Å². The minimum Gasteiger partial charge on any atom is -0.490 e. The van der Waals surface area contributed by atoms with Crippen LogP contribution >= 0.6 is 0 Å². The summed E-state index contributed by atoms with van der Waals surface area (Å²) in [6.45, 7) is 8.61. The normalized spacial score (nSPS) is 22.4. The fourth-order valence-electron chi connectivity index (χ4n) is 4.82. The summed E-state index contributed by atoms with van der Waals surface area (Å²) in [5.41, 5.74) is 2.65. The van der Waals surface area contributed by atoms with Gasteiger partial charge < -0.3 is 24.4 Å². The maximum Gasteiger partial charge on any atom is 0.258 e. The van der Waals surface area contributed by atoms with Crippen molar-refractivity contribution in [1.82, 2.24) is 14.8 Å². The van der Waals surface area contributed by atoms with Gasteiger partial charge in [-0.05, 0) is 76.1 Å². The zero-order valence-electron chi connectivity index (χ0n) is 24.0. The van der Waals surface area contributed by atoms with E-state index in [-0.39, 0.29) is 36.7 Å². The first-order valence-electron chi connectivity index (χ1n) is 13.8. The molecule has 38 heavy (non-hydrogen) atoms. The summed E-state index contributed by atoms with van der Waals surface area (Å²) in [5, 5.41) is 10.1. The Morgan fingerprint density at radius 1 is 1.13 bits per heavy atom. The van der Waals surface area contributed by atoms with Crippen LogP contribution in [-0.2, 0) is 11.3 Å². The lowest BCUT2D eigenvalue weighted by atomic mass is 10.0. The lowest BCUT2D eigenvalue weighted by Crippen LogP contribution is -2.47. The number of anilines is 1. The van der Waals surface area contributed by atoms with E-state index in [0.717, 1.165) is 38.0 Å².